The van der Waals surface area contributed by atoms with Gasteiger partial charge in [0, 0.05) is 28.6 Å². The lowest BCUT2D eigenvalue weighted by atomic mass is 10.2. The van der Waals surface area contributed by atoms with Crippen LogP contribution in [0.5, 0.6) is 0 Å². The predicted molar refractivity (Wildman–Crippen MR) is 82.0 cm³/mol. The van der Waals surface area contributed by atoms with Crippen LogP contribution in [0, 0.1) is 6.92 Å². The number of anilines is 1. The number of carbonyl (C=O) groups excluding carboxylic acids is 1. The molecule has 0 saturated carbocycles. The minimum atomic E-state index is -3.42. The zero-order valence-corrected chi connectivity index (χ0v) is 13.2. The number of carbonyl (C=O) groups is 1. The van der Waals surface area contributed by atoms with Crippen LogP contribution in [0.15, 0.2) is 28.5 Å². The number of nitrogen functional groups attached to an aromatic ring is 1. The molecule has 1 aromatic heterocycles. The maximum Gasteiger partial charge on any atom is 0.251 e. The average Bonchev–Trinajstić information content (AvgIpc) is 2.80. The fourth-order valence-electron chi connectivity index (χ4n) is 1.71. The minimum absolute atomic E-state index is 0.0257. The molecule has 0 aliphatic rings. The van der Waals surface area contributed by atoms with Gasteiger partial charge in [0.25, 0.3) is 5.91 Å². The van der Waals surface area contributed by atoms with Crippen molar-refractivity contribution in [2.24, 2.45) is 0 Å². The summed E-state index contributed by atoms with van der Waals surface area (Å²) in [5, 5.41) is 5.37. The number of sulfone groups is 1. The molecule has 3 N–H and O–H groups in total. The van der Waals surface area contributed by atoms with Gasteiger partial charge in [-0.1, -0.05) is 0 Å². The Morgan fingerprint density at radius 2 is 2.10 bits per heavy atom. The Morgan fingerprint density at radius 3 is 2.67 bits per heavy atom. The number of nitrogens with two attached hydrogens (primary N) is 1. The van der Waals surface area contributed by atoms with Crippen molar-refractivity contribution in [3.05, 3.63) is 39.8 Å². The lowest BCUT2D eigenvalue weighted by Crippen LogP contribution is -2.23. The molecule has 0 bridgehead atoms. The van der Waals surface area contributed by atoms with E-state index in [0.717, 1.165) is 17.0 Å². The summed E-state index contributed by atoms with van der Waals surface area (Å²) < 4.78 is 23.1. The van der Waals surface area contributed by atoms with Gasteiger partial charge in [-0.15, -0.1) is 11.3 Å². The highest BCUT2D eigenvalue weighted by Gasteiger charge is 2.13. The van der Waals surface area contributed by atoms with Crippen molar-refractivity contribution in [1.82, 2.24) is 10.3 Å². The van der Waals surface area contributed by atoms with Crippen LogP contribution in [0.2, 0.25) is 0 Å². The van der Waals surface area contributed by atoms with Crippen LogP contribution < -0.4 is 11.1 Å². The minimum Gasteiger partial charge on any atom is -0.399 e. The van der Waals surface area contributed by atoms with E-state index in [1.807, 2.05) is 12.3 Å². The van der Waals surface area contributed by atoms with E-state index in [1.165, 1.54) is 29.5 Å². The van der Waals surface area contributed by atoms with E-state index in [1.54, 1.807) is 0 Å². The van der Waals surface area contributed by atoms with Crippen molar-refractivity contribution < 1.29 is 13.2 Å². The number of hydrogen-bond donors (Lipinski definition) is 2. The van der Waals surface area contributed by atoms with Gasteiger partial charge in [-0.25, -0.2) is 13.4 Å². The normalized spacial score (nSPS) is 11.3. The highest BCUT2D eigenvalue weighted by atomic mass is 32.2. The Bertz CT molecular complexity index is 782. The number of aryl methyl sites for hydroxylation is 1. The third-order valence-electron chi connectivity index (χ3n) is 2.69. The molecule has 112 valence electrons. The molecule has 0 saturated heterocycles. The van der Waals surface area contributed by atoms with Crippen molar-refractivity contribution >= 4 is 32.8 Å². The molecule has 1 aromatic carbocycles. The van der Waals surface area contributed by atoms with Gasteiger partial charge in [0.2, 0.25) is 0 Å². The maximum atomic E-state index is 12.1. The molecule has 2 aromatic rings. The van der Waals surface area contributed by atoms with Crippen LogP contribution in [-0.4, -0.2) is 25.6 Å². The Kier molecular flexibility index (Phi) is 4.29. The molecule has 8 heteroatoms. The number of aromatic nitrogens is 1. The van der Waals surface area contributed by atoms with Crippen LogP contribution in [0.4, 0.5) is 5.69 Å². The van der Waals surface area contributed by atoms with Crippen LogP contribution in [0.3, 0.4) is 0 Å². The first-order chi connectivity index (χ1) is 9.75. The summed E-state index contributed by atoms with van der Waals surface area (Å²) in [6.07, 6.45) is 1.07. The molecule has 0 aliphatic carbocycles. The predicted octanol–water partition coefficient (Wildman–Crippen LogP) is 1.37. The third kappa shape index (κ3) is 4.02. The van der Waals surface area contributed by atoms with Crippen molar-refractivity contribution in [1.29, 1.82) is 0 Å². The number of thiazole rings is 1. The quantitative estimate of drug-likeness (QED) is 0.827. The van der Waals surface area contributed by atoms with Crippen LogP contribution in [0.1, 0.15) is 21.1 Å². The SMILES string of the molecule is Cc1csc(CNC(=O)c2cc(N)cc(S(C)(=O)=O)c2)n1. The Hall–Kier alpha value is -1.93. The van der Waals surface area contributed by atoms with Crippen LogP contribution >= 0.6 is 11.3 Å². The first-order valence-electron chi connectivity index (χ1n) is 6.05. The van der Waals surface area contributed by atoms with E-state index in [-0.39, 0.29) is 22.1 Å². The Labute approximate surface area is 126 Å². The summed E-state index contributed by atoms with van der Waals surface area (Å²) in [4.78, 5) is 16.3. The van der Waals surface area contributed by atoms with E-state index >= 15 is 0 Å². The van der Waals surface area contributed by atoms with E-state index in [4.69, 9.17) is 5.73 Å². The van der Waals surface area contributed by atoms with Crippen molar-refractivity contribution in [3.63, 3.8) is 0 Å². The fraction of sp³-hybridized carbons (Fsp3) is 0.231. The van der Waals surface area contributed by atoms with Gasteiger partial charge >= 0.3 is 0 Å². The lowest BCUT2D eigenvalue weighted by molar-refractivity contribution is 0.0950. The second-order valence-electron chi connectivity index (χ2n) is 4.63. The summed E-state index contributed by atoms with van der Waals surface area (Å²) in [6.45, 7) is 2.17. The van der Waals surface area contributed by atoms with Crippen LogP contribution in [0.25, 0.3) is 0 Å². The molecule has 0 atom stereocenters. The van der Waals surface area contributed by atoms with E-state index < -0.39 is 9.84 Å². The van der Waals surface area contributed by atoms with Gasteiger partial charge in [-0.3, -0.25) is 4.79 Å². The zero-order chi connectivity index (χ0) is 15.6. The third-order valence-corrected chi connectivity index (χ3v) is 4.74. The molecule has 1 heterocycles. The molecule has 0 aliphatic heterocycles. The van der Waals surface area contributed by atoms with Crippen molar-refractivity contribution in [3.8, 4) is 0 Å². The smallest absolute Gasteiger partial charge is 0.251 e. The zero-order valence-electron chi connectivity index (χ0n) is 11.6. The van der Waals surface area contributed by atoms with E-state index in [2.05, 4.69) is 10.3 Å². The molecular formula is C13H15N3O3S2. The number of amides is 1. The van der Waals surface area contributed by atoms with E-state index in [9.17, 15) is 13.2 Å². The molecule has 0 fully saturated rings. The topological polar surface area (TPSA) is 102 Å². The fourth-order valence-corrected chi connectivity index (χ4v) is 3.11. The summed E-state index contributed by atoms with van der Waals surface area (Å²) in [5.74, 6) is -0.389. The van der Waals surface area contributed by atoms with Crippen molar-refractivity contribution in [2.75, 3.05) is 12.0 Å². The Balaban J connectivity index is 2.17. The van der Waals surface area contributed by atoms with Gasteiger partial charge < -0.3 is 11.1 Å². The summed E-state index contributed by atoms with van der Waals surface area (Å²) in [5.41, 5.74) is 6.99. The molecule has 21 heavy (non-hydrogen) atoms. The largest absolute Gasteiger partial charge is 0.399 e. The van der Waals surface area contributed by atoms with Gasteiger partial charge in [-0.2, -0.15) is 0 Å². The molecular weight excluding hydrogens is 310 g/mol. The molecule has 2 rings (SSSR count). The molecule has 1 amide bonds. The summed E-state index contributed by atoms with van der Waals surface area (Å²) >= 11 is 1.45. The number of hydrogen-bond acceptors (Lipinski definition) is 6. The highest BCUT2D eigenvalue weighted by molar-refractivity contribution is 7.90. The summed E-state index contributed by atoms with van der Waals surface area (Å²) in [7, 11) is -3.42. The molecule has 0 spiro atoms. The monoisotopic (exact) mass is 325 g/mol. The standard InChI is InChI=1S/C13H15N3O3S2/c1-8-7-20-12(16-8)6-15-13(17)9-3-10(14)5-11(4-9)21(2,18)19/h3-5,7H,6,14H2,1-2H3,(H,15,17). The molecule has 6 nitrogen and oxygen atoms in total. The number of rotatable bonds is 4. The van der Waals surface area contributed by atoms with Crippen LogP contribution in [-0.2, 0) is 16.4 Å². The highest BCUT2D eigenvalue weighted by Crippen LogP contribution is 2.17. The Morgan fingerprint density at radius 1 is 1.38 bits per heavy atom. The van der Waals surface area contributed by atoms with Gasteiger partial charge in [0.05, 0.1) is 11.4 Å². The maximum absolute atomic E-state index is 12.1. The first-order valence-corrected chi connectivity index (χ1v) is 8.82. The average molecular weight is 325 g/mol. The number of nitrogens with zero attached hydrogens (tertiary/aromatic N) is 1. The van der Waals surface area contributed by atoms with Crippen molar-refractivity contribution in [2.45, 2.75) is 18.4 Å². The summed E-state index contributed by atoms with van der Waals surface area (Å²) in [6, 6.07) is 4.08. The number of nitrogens with one attached hydrogen (secondary N) is 1. The van der Waals surface area contributed by atoms with Gasteiger partial charge in [0.1, 0.15) is 5.01 Å². The van der Waals surface area contributed by atoms with Gasteiger partial charge in [-0.05, 0) is 25.1 Å². The van der Waals surface area contributed by atoms with E-state index in [0.29, 0.717) is 6.54 Å². The lowest BCUT2D eigenvalue weighted by Gasteiger charge is -2.07. The molecule has 0 unspecified atom stereocenters. The van der Waals surface area contributed by atoms with Gasteiger partial charge in [0.15, 0.2) is 9.84 Å². The second-order valence-corrected chi connectivity index (χ2v) is 7.59. The first kappa shape index (κ1) is 15.5. The second kappa shape index (κ2) is 5.82. The molecule has 0 radical (unpaired) electrons. The number of benzene rings is 1.